The second-order valence-corrected chi connectivity index (χ2v) is 6.91. The Hall–Kier alpha value is -1.65. The summed E-state index contributed by atoms with van der Waals surface area (Å²) in [6.45, 7) is 0.614. The highest BCUT2D eigenvalue weighted by Gasteiger charge is 2.05. The normalized spacial score (nSPS) is 10.9. The number of benzene rings is 2. The van der Waals surface area contributed by atoms with Gasteiger partial charge in [-0.2, -0.15) is 0 Å². The molecule has 2 rings (SSSR count). The number of nitrogens with zero attached hydrogens (tertiary/aromatic N) is 1. The smallest absolute Gasteiger partial charge is 0.246 e. The lowest BCUT2D eigenvalue weighted by atomic mass is 10.2. The monoisotopic (exact) mass is 343 g/mol. The number of amides is 1. The van der Waals surface area contributed by atoms with Crippen molar-refractivity contribution < 1.29 is 4.79 Å². The number of rotatable bonds is 6. The predicted octanol–water partition coefficient (Wildman–Crippen LogP) is 4.80. The molecule has 2 aromatic rings. The molecular formula is C19H21NOS2. The molecule has 0 bridgehead atoms. The van der Waals surface area contributed by atoms with Crippen LogP contribution in [0.1, 0.15) is 11.1 Å². The van der Waals surface area contributed by atoms with Gasteiger partial charge < -0.3 is 4.90 Å². The molecule has 4 heteroatoms. The van der Waals surface area contributed by atoms with Crippen LogP contribution in [0.3, 0.4) is 0 Å². The molecule has 0 heterocycles. The topological polar surface area (TPSA) is 20.3 Å². The molecule has 1 amide bonds. The fourth-order valence-corrected chi connectivity index (χ4v) is 2.91. The molecule has 0 N–H and O–H groups in total. The first-order valence-electron chi connectivity index (χ1n) is 7.32. The third-order valence-corrected chi connectivity index (χ3v) is 4.98. The number of hydrogen-bond donors (Lipinski definition) is 0. The maximum Gasteiger partial charge on any atom is 0.246 e. The van der Waals surface area contributed by atoms with E-state index < -0.39 is 0 Å². The minimum absolute atomic E-state index is 0.00730. The lowest BCUT2D eigenvalue weighted by molar-refractivity contribution is -0.125. The Kier molecular flexibility index (Phi) is 6.81. The van der Waals surface area contributed by atoms with Crippen LogP contribution in [0.2, 0.25) is 0 Å². The highest BCUT2D eigenvalue weighted by Crippen LogP contribution is 2.17. The van der Waals surface area contributed by atoms with E-state index >= 15 is 0 Å². The van der Waals surface area contributed by atoms with E-state index in [1.54, 1.807) is 34.5 Å². The standard InChI is InChI=1S/C19H21NOS2/c1-20(14-16-6-11-18(23-3)12-7-16)19(21)13-8-15-4-9-17(22-2)10-5-15/h4-13H,14H2,1-3H3/b13-8+. The molecule has 0 aliphatic heterocycles. The number of thioether (sulfide) groups is 2. The summed E-state index contributed by atoms with van der Waals surface area (Å²) in [5.41, 5.74) is 2.17. The Morgan fingerprint density at radius 3 is 2.00 bits per heavy atom. The SMILES string of the molecule is CSc1ccc(/C=C/C(=O)N(C)Cc2ccc(SC)cc2)cc1. The molecule has 0 atom stereocenters. The van der Waals surface area contributed by atoms with E-state index in [1.807, 2.05) is 25.3 Å². The molecule has 0 spiro atoms. The summed E-state index contributed by atoms with van der Waals surface area (Å²) in [5, 5.41) is 0. The van der Waals surface area contributed by atoms with E-state index in [-0.39, 0.29) is 5.91 Å². The van der Waals surface area contributed by atoms with Gasteiger partial charge in [0.25, 0.3) is 0 Å². The lowest BCUT2D eigenvalue weighted by Crippen LogP contribution is -2.24. The first-order valence-corrected chi connectivity index (χ1v) is 9.77. The van der Waals surface area contributed by atoms with Crippen LogP contribution in [0.25, 0.3) is 6.08 Å². The fraction of sp³-hybridized carbons (Fsp3) is 0.211. The third-order valence-electron chi connectivity index (χ3n) is 3.49. The van der Waals surface area contributed by atoms with Crippen molar-refractivity contribution >= 4 is 35.5 Å². The van der Waals surface area contributed by atoms with Crippen molar-refractivity contribution in [3.8, 4) is 0 Å². The van der Waals surface area contributed by atoms with Crippen molar-refractivity contribution in [2.75, 3.05) is 19.6 Å². The molecule has 0 radical (unpaired) electrons. The second kappa shape index (κ2) is 8.85. The van der Waals surface area contributed by atoms with Gasteiger partial charge in [-0.25, -0.2) is 0 Å². The van der Waals surface area contributed by atoms with Gasteiger partial charge in [-0.3, -0.25) is 4.79 Å². The summed E-state index contributed by atoms with van der Waals surface area (Å²) in [4.78, 5) is 16.4. The van der Waals surface area contributed by atoms with Gasteiger partial charge >= 0.3 is 0 Å². The number of carbonyl (C=O) groups is 1. The average Bonchev–Trinajstić information content (AvgIpc) is 2.60. The number of carbonyl (C=O) groups excluding carboxylic acids is 1. The first-order chi connectivity index (χ1) is 11.1. The molecule has 0 unspecified atom stereocenters. The molecule has 0 saturated carbocycles. The maximum absolute atomic E-state index is 12.2. The summed E-state index contributed by atoms with van der Waals surface area (Å²) < 4.78 is 0. The average molecular weight is 344 g/mol. The number of hydrogen-bond acceptors (Lipinski definition) is 3. The van der Waals surface area contributed by atoms with Crippen LogP contribution in [0.4, 0.5) is 0 Å². The maximum atomic E-state index is 12.2. The molecular weight excluding hydrogens is 322 g/mol. The Morgan fingerprint density at radius 1 is 0.957 bits per heavy atom. The van der Waals surface area contributed by atoms with Crippen LogP contribution in [-0.4, -0.2) is 30.4 Å². The molecule has 0 aliphatic rings. The molecule has 23 heavy (non-hydrogen) atoms. The summed E-state index contributed by atoms with van der Waals surface area (Å²) in [6, 6.07) is 16.5. The predicted molar refractivity (Wildman–Crippen MR) is 102 cm³/mol. The molecule has 120 valence electrons. The largest absolute Gasteiger partial charge is 0.338 e. The Bertz CT molecular complexity index is 663. The lowest BCUT2D eigenvalue weighted by Gasteiger charge is -2.15. The van der Waals surface area contributed by atoms with Crippen molar-refractivity contribution in [2.24, 2.45) is 0 Å². The zero-order valence-electron chi connectivity index (χ0n) is 13.7. The van der Waals surface area contributed by atoms with Crippen LogP contribution in [0.15, 0.2) is 64.4 Å². The van der Waals surface area contributed by atoms with E-state index in [0.717, 1.165) is 11.1 Å². The Labute approximate surface area is 147 Å². The Morgan fingerprint density at radius 2 is 1.48 bits per heavy atom. The molecule has 0 fully saturated rings. The van der Waals surface area contributed by atoms with Gasteiger partial charge in [0.2, 0.25) is 5.91 Å². The summed E-state index contributed by atoms with van der Waals surface area (Å²) >= 11 is 3.43. The minimum Gasteiger partial charge on any atom is -0.338 e. The molecule has 2 aromatic carbocycles. The number of likely N-dealkylation sites (N-methyl/N-ethyl adjacent to an activating group) is 1. The van der Waals surface area contributed by atoms with Gasteiger partial charge in [0.1, 0.15) is 0 Å². The molecule has 0 aromatic heterocycles. The van der Waals surface area contributed by atoms with Gasteiger partial charge in [-0.05, 0) is 54.0 Å². The van der Waals surface area contributed by atoms with Gasteiger partial charge in [0.15, 0.2) is 0 Å². The van der Waals surface area contributed by atoms with Crippen molar-refractivity contribution in [3.63, 3.8) is 0 Å². The van der Waals surface area contributed by atoms with Crippen LogP contribution < -0.4 is 0 Å². The van der Waals surface area contributed by atoms with E-state index in [9.17, 15) is 4.79 Å². The van der Waals surface area contributed by atoms with Gasteiger partial charge in [-0.15, -0.1) is 23.5 Å². The fourth-order valence-electron chi connectivity index (χ4n) is 2.09. The molecule has 0 saturated heterocycles. The zero-order chi connectivity index (χ0) is 16.7. The van der Waals surface area contributed by atoms with Crippen LogP contribution in [-0.2, 0) is 11.3 Å². The highest BCUT2D eigenvalue weighted by molar-refractivity contribution is 7.98. The molecule has 2 nitrogen and oxygen atoms in total. The summed E-state index contributed by atoms with van der Waals surface area (Å²) in [5.74, 6) is 0.00730. The van der Waals surface area contributed by atoms with Gasteiger partial charge in [0.05, 0.1) is 0 Å². The van der Waals surface area contributed by atoms with Crippen molar-refractivity contribution in [1.29, 1.82) is 0 Å². The van der Waals surface area contributed by atoms with Crippen LogP contribution in [0, 0.1) is 0 Å². The minimum atomic E-state index is 0.00730. The van der Waals surface area contributed by atoms with Crippen LogP contribution >= 0.6 is 23.5 Å². The summed E-state index contributed by atoms with van der Waals surface area (Å²) in [7, 11) is 1.83. The zero-order valence-corrected chi connectivity index (χ0v) is 15.3. The van der Waals surface area contributed by atoms with Crippen LogP contribution in [0.5, 0.6) is 0 Å². The van der Waals surface area contributed by atoms with E-state index in [1.165, 1.54) is 9.79 Å². The Balaban J connectivity index is 1.94. The van der Waals surface area contributed by atoms with Gasteiger partial charge in [-0.1, -0.05) is 24.3 Å². The van der Waals surface area contributed by atoms with Gasteiger partial charge in [0, 0.05) is 29.5 Å². The quantitative estimate of drug-likeness (QED) is 0.555. The molecule has 0 aliphatic carbocycles. The van der Waals surface area contributed by atoms with Crippen molar-refractivity contribution in [3.05, 3.63) is 65.7 Å². The van der Waals surface area contributed by atoms with E-state index in [4.69, 9.17) is 0 Å². The first kappa shape index (κ1) is 17.7. The van der Waals surface area contributed by atoms with Crippen molar-refractivity contribution in [1.82, 2.24) is 4.90 Å². The second-order valence-electron chi connectivity index (χ2n) is 5.15. The van der Waals surface area contributed by atoms with E-state index in [0.29, 0.717) is 6.54 Å². The van der Waals surface area contributed by atoms with E-state index in [2.05, 4.69) is 48.9 Å². The summed E-state index contributed by atoms with van der Waals surface area (Å²) in [6.07, 6.45) is 7.60. The highest BCUT2D eigenvalue weighted by atomic mass is 32.2. The third kappa shape index (κ3) is 5.48. The van der Waals surface area contributed by atoms with Crippen molar-refractivity contribution in [2.45, 2.75) is 16.3 Å².